The van der Waals surface area contributed by atoms with E-state index in [1.165, 1.54) is 6.07 Å². The van der Waals surface area contributed by atoms with Gasteiger partial charge in [0.2, 0.25) is 0 Å². The first-order valence-corrected chi connectivity index (χ1v) is 14.2. The summed E-state index contributed by atoms with van der Waals surface area (Å²) in [6.45, 7) is 6.17. The van der Waals surface area contributed by atoms with Crippen LogP contribution in [0, 0.1) is 17.7 Å². The molecule has 0 aromatic heterocycles. The molecule has 3 N–H and O–H groups in total. The van der Waals surface area contributed by atoms with Gasteiger partial charge in [-0.15, -0.1) is 0 Å². The molecule has 7 heteroatoms. The van der Waals surface area contributed by atoms with Crippen molar-refractivity contribution in [1.29, 1.82) is 0 Å². The van der Waals surface area contributed by atoms with E-state index in [2.05, 4.69) is 25.2 Å². The minimum Gasteiger partial charge on any atom is -0.394 e. The maximum Gasteiger partial charge on any atom is 0.267 e. The highest BCUT2D eigenvalue weighted by Crippen LogP contribution is 2.34. The molecule has 0 saturated heterocycles. The van der Waals surface area contributed by atoms with E-state index in [9.17, 15) is 9.18 Å². The molecule has 1 amide bonds. The van der Waals surface area contributed by atoms with Gasteiger partial charge < -0.3 is 11.1 Å². The van der Waals surface area contributed by atoms with Crippen LogP contribution >= 0.6 is 23.2 Å². The van der Waals surface area contributed by atoms with Gasteiger partial charge in [0.1, 0.15) is 11.5 Å². The molecule has 0 heterocycles. The third kappa shape index (κ3) is 7.94. The molecule has 3 atom stereocenters. The summed E-state index contributed by atoms with van der Waals surface area (Å²) in [7, 11) is 0. The predicted molar refractivity (Wildman–Crippen MR) is 158 cm³/mol. The first-order valence-electron chi connectivity index (χ1n) is 13.5. The lowest BCUT2D eigenvalue weighted by molar-refractivity contribution is -0.118. The molecule has 0 radical (unpaired) electrons. The fourth-order valence-electron chi connectivity index (χ4n) is 5.18. The van der Waals surface area contributed by atoms with Crippen molar-refractivity contribution in [3.63, 3.8) is 0 Å². The van der Waals surface area contributed by atoms with Gasteiger partial charge >= 0.3 is 0 Å². The number of nitrogens with two attached hydrogens (primary N) is 1. The van der Waals surface area contributed by atoms with Gasteiger partial charge in [0.05, 0.1) is 10.7 Å². The largest absolute Gasteiger partial charge is 0.394 e. The molecule has 1 saturated carbocycles. The number of carbonyl (C=O) groups is 1. The number of aliphatic imine (C=N–C) groups is 1. The fraction of sp³-hybridized carbons (Fsp3) is 0.419. The molecule has 1 aliphatic rings. The summed E-state index contributed by atoms with van der Waals surface area (Å²) < 4.78 is 14.0. The Morgan fingerprint density at radius 1 is 1.18 bits per heavy atom. The molecule has 0 spiro atoms. The standard InChI is InChI=1S/C31H38Cl2FN3O/c1-4-10-21(5-2)27(6-3)37-31(38)29(35)25-14-8-7-12-22(17-20-11-9-13-24(34)18-20)30(25)36-28-16-15-23(32)19-26(28)33/h4,9-11,13,15-16,18-19,21-22,27H,5-8,12,14,17,35H2,1-3H3,(H,37,38)/b10-4-,29-25?,36-30?/t21?,22?,27-/m0/s1. The third-order valence-electron chi connectivity index (χ3n) is 7.20. The molecule has 0 aliphatic heterocycles. The second-order valence-corrected chi connectivity index (χ2v) is 10.7. The van der Waals surface area contributed by atoms with Crippen LogP contribution in [0.25, 0.3) is 0 Å². The summed E-state index contributed by atoms with van der Waals surface area (Å²) in [5.41, 5.74) is 9.72. The van der Waals surface area contributed by atoms with Crippen LogP contribution in [0.1, 0.15) is 64.9 Å². The van der Waals surface area contributed by atoms with E-state index in [1.54, 1.807) is 30.3 Å². The number of nitrogens with one attached hydrogen (secondary N) is 1. The summed E-state index contributed by atoms with van der Waals surface area (Å²) in [5, 5.41) is 4.11. The molecule has 0 bridgehead atoms. The molecule has 1 aliphatic carbocycles. The van der Waals surface area contributed by atoms with E-state index in [0.29, 0.717) is 28.6 Å². The number of amides is 1. The number of carbonyl (C=O) groups excluding carboxylic acids is 1. The van der Waals surface area contributed by atoms with Crippen molar-refractivity contribution < 1.29 is 9.18 Å². The fourth-order valence-corrected chi connectivity index (χ4v) is 5.63. The summed E-state index contributed by atoms with van der Waals surface area (Å²) in [6.07, 6.45) is 9.74. The Kier molecular flexibility index (Phi) is 11.4. The number of benzene rings is 2. The topological polar surface area (TPSA) is 67.5 Å². The lowest BCUT2D eigenvalue weighted by Gasteiger charge is -2.25. The Labute approximate surface area is 236 Å². The van der Waals surface area contributed by atoms with Gasteiger partial charge in [-0.2, -0.15) is 0 Å². The smallest absolute Gasteiger partial charge is 0.267 e. The van der Waals surface area contributed by atoms with Gasteiger partial charge in [0.25, 0.3) is 5.91 Å². The Bertz CT molecular complexity index is 1210. The van der Waals surface area contributed by atoms with E-state index >= 15 is 0 Å². The van der Waals surface area contributed by atoms with Crippen molar-refractivity contribution in [2.45, 2.75) is 71.8 Å². The molecule has 38 heavy (non-hydrogen) atoms. The first-order chi connectivity index (χ1) is 18.3. The zero-order valence-electron chi connectivity index (χ0n) is 22.4. The van der Waals surface area contributed by atoms with Crippen LogP contribution in [0.3, 0.4) is 0 Å². The van der Waals surface area contributed by atoms with Crippen LogP contribution in [0.5, 0.6) is 0 Å². The van der Waals surface area contributed by atoms with E-state index in [4.69, 9.17) is 33.9 Å². The molecule has 204 valence electrons. The first kappa shape index (κ1) is 29.9. The van der Waals surface area contributed by atoms with Crippen LogP contribution < -0.4 is 11.1 Å². The maximum atomic E-state index is 14.0. The number of hydrogen-bond acceptors (Lipinski definition) is 3. The average Bonchev–Trinajstić information content (AvgIpc) is 3.09. The van der Waals surface area contributed by atoms with E-state index in [0.717, 1.165) is 49.0 Å². The van der Waals surface area contributed by atoms with Crippen molar-refractivity contribution in [3.8, 4) is 0 Å². The SMILES string of the molecule is C/C=C\C(CC)[C@H](CC)NC(=O)C(N)=C1CCCCC(Cc2cccc(F)c2)C1=Nc1ccc(Cl)cc1Cl. The van der Waals surface area contributed by atoms with E-state index < -0.39 is 0 Å². The highest BCUT2D eigenvalue weighted by Gasteiger charge is 2.29. The summed E-state index contributed by atoms with van der Waals surface area (Å²) in [6, 6.07) is 11.8. The van der Waals surface area contributed by atoms with Gasteiger partial charge in [0, 0.05) is 28.3 Å². The van der Waals surface area contributed by atoms with Crippen LogP contribution in [-0.2, 0) is 11.2 Å². The zero-order valence-corrected chi connectivity index (χ0v) is 24.0. The Balaban J connectivity index is 2.07. The van der Waals surface area contributed by atoms with E-state index in [-0.39, 0.29) is 35.3 Å². The number of hydrogen-bond donors (Lipinski definition) is 2. The second-order valence-electron chi connectivity index (χ2n) is 9.85. The molecule has 2 aromatic carbocycles. The van der Waals surface area contributed by atoms with Crippen LogP contribution in [0.2, 0.25) is 10.0 Å². The highest BCUT2D eigenvalue weighted by atomic mass is 35.5. The van der Waals surface area contributed by atoms with Crippen molar-refractivity contribution in [2.75, 3.05) is 0 Å². The third-order valence-corrected chi connectivity index (χ3v) is 7.74. The summed E-state index contributed by atoms with van der Waals surface area (Å²) in [5.74, 6) is -0.387. The van der Waals surface area contributed by atoms with Gasteiger partial charge in [-0.25, -0.2) is 4.39 Å². The lowest BCUT2D eigenvalue weighted by Crippen LogP contribution is -2.42. The number of nitrogens with zero attached hydrogens (tertiary/aromatic N) is 1. The second kappa shape index (κ2) is 14.5. The van der Waals surface area contributed by atoms with E-state index in [1.807, 2.05) is 19.1 Å². The van der Waals surface area contributed by atoms with Crippen LogP contribution in [0.4, 0.5) is 10.1 Å². The average molecular weight is 559 g/mol. The molecule has 1 fully saturated rings. The van der Waals surface area contributed by atoms with Crippen LogP contribution in [-0.4, -0.2) is 17.7 Å². The molecular weight excluding hydrogens is 520 g/mol. The van der Waals surface area contributed by atoms with Gasteiger partial charge in [-0.3, -0.25) is 9.79 Å². The number of allylic oxidation sites excluding steroid dienone is 2. The number of rotatable bonds is 9. The Morgan fingerprint density at radius 3 is 2.63 bits per heavy atom. The minimum absolute atomic E-state index is 0.0252. The Hall–Kier alpha value is -2.63. The maximum absolute atomic E-state index is 14.0. The Morgan fingerprint density at radius 2 is 1.97 bits per heavy atom. The van der Waals surface area contributed by atoms with Crippen molar-refractivity contribution >= 4 is 40.5 Å². The molecule has 3 rings (SSSR count). The van der Waals surface area contributed by atoms with Crippen LogP contribution in [0.15, 0.2) is 70.9 Å². The molecular formula is C31H38Cl2FN3O. The zero-order chi connectivity index (χ0) is 27.7. The van der Waals surface area contributed by atoms with Crippen molar-refractivity contribution in [2.24, 2.45) is 22.6 Å². The normalized spacial score (nSPS) is 20.3. The quantitative estimate of drug-likeness (QED) is 0.185. The summed E-state index contributed by atoms with van der Waals surface area (Å²) >= 11 is 12.6. The minimum atomic E-state index is -0.281. The number of halogens is 3. The molecule has 2 unspecified atom stereocenters. The molecule has 2 aromatic rings. The van der Waals surface area contributed by atoms with Gasteiger partial charge in [0.15, 0.2) is 0 Å². The highest BCUT2D eigenvalue weighted by molar-refractivity contribution is 6.36. The predicted octanol–water partition coefficient (Wildman–Crippen LogP) is 8.35. The van der Waals surface area contributed by atoms with Crippen molar-refractivity contribution in [1.82, 2.24) is 5.32 Å². The van der Waals surface area contributed by atoms with Gasteiger partial charge in [-0.05, 0) is 87.3 Å². The lowest BCUT2D eigenvalue weighted by atomic mass is 9.87. The molecule has 4 nitrogen and oxygen atoms in total. The monoisotopic (exact) mass is 557 g/mol. The summed E-state index contributed by atoms with van der Waals surface area (Å²) in [4.78, 5) is 18.5. The van der Waals surface area contributed by atoms with Crippen molar-refractivity contribution in [3.05, 3.63) is 87.3 Å². The van der Waals surface area contributed by atoms with Gasteiger partial charge in [-0.1, -0.05) is 67.8 Å².